The van der Waals surface area contributed by atoms with Gasteiger partial charge >= 0.3 is 0 Å². The van der Waals surface area contributed by atoms with E-state index in [4.69, 9.17) is 6.57 Å². The predicted octanol–water partition coefficient (Wildman–Crippen LogP) is 2.63. The van der Waals surface area contributed by atoms with E-state index in [2.05, 4.69) is 28.0 Å². The molecule has 2 nitrogen and oxygen atoms in total. The Morgan fingerprint density at radius 1 is 1.31 bits per heavy atom. The van der Waals surface area contributed by atoms with Crippen molar-refractivity contribution in [1.82, 2.24) is 4.98 Å². The van der Waals surface area contributed by atoms with E-state index in [1.54, 1.807) is 0 Å². The summed E-state index contributed by atoms with van der Waals surface area (Å²) in [6, 6.07) is 10.3. The van der Waals surface area contributed by atoms with Crippen LogP contribution in [0.4, 0.5) is 0 Å². The second-order valence-corrected chi connectivity index (χ2v) is 3.01. The molecule has 0 saturated heterocycles. The quantitative estimate of drug-likeness (QED) is 0.669. The van der Waals surface area contributed by atoms with Crippen molar-refractivity contribution in [3.63, 3.8) is 0 Å². The van der Waals surface area contributed by atoms with E-state index in [9.17, 15) is 0 Å². The third-order valence-corrected chi connectivity index (χ3v) is 2.08. The molecule has 0 saturated carbocycles. The number of rotatable bonds is 2. The van der Waals surface area contributed by atoms with E-state index in [1.165, 1.54) is 5.39 Å². The lowest BCUT2D eigenvalue weighted by molar-refractivity contribution is 1.03. The summed E-state index contributed by atoms with van der Waals surface area (Å²) in [5.41, 5.74) is 2.31. The first-order chi connectivity index (χ1) is 6.40. The first kappa shape index (κ1) is 7.88. The summed E-state index contributed by atoms with van der Waals surface area (Å²) in [6.07, 6.45) is 0.818. The molecule has 0 bridgehead atoms. The maximum atomic E-state index is 6.70. The van der Waals surface area contributed by atoms with Gasteiger partial charge < -0.3 is 9.83 Å². The third kappa shape index (κ3) is 1.54. The number of nitrogens with one attached hydrogen (secondary N) is 1. The topological polar surface area (TPSA) is 20.1 Å². The van der Waals surface area contributed by atoms with Gasteiger partial charge in [-0.1, -0.05) is 18.2 Å². The van der Waals surface area contributed by atoms with Crippen molar-refractivity contribution >= 4 is 10.9 Å². The minimum atomic E-state index is 0.562. The molecule has 1 aromatic heterocycles. The lowest BCUT2D eigenvalue weighted by Crippen LogP contribution is -1.85. The molecule has 0 amide bonds. The van der Waals surface area contributed by atoms with Gasteiger partial charge in [-0.05, 0) is 17.5 Å². The fourth-order valence-corrected chi connectivity index (χ4v) is 1.44. The summed E-state index contributed by atoms with van der Waals surface area (Å²) < 4.78 is 0. The lowest BCUT2D eigenvalue weighted by Gasteiger charge is -1.86. The van der Waals surface area contributed by atoms with E-state index in [0.29, 0.717) is 6.54 Å². The average Bonchev–Trinajstić information content (AvgIpc) is 2.57. The molecule has 0 aliphatic heterocycles. The third-order valence-electron chi connectivity index (χ3n) is 2.08. The Labute approximate surface area is 77.0 Å². The highest BCUT2D eigenvalue weighted by Gasteiger charge is 1.99. The number of aromatic amines is 1. The zero-order valence-corrected chi connectivity index (χ0v) is 7.25. The van der Waals surface area contributed by atoms with Crippen LogP contribution in [0.5, 0.6) is 0 Å². The van der Waals surface area contributed by atoms with Crippen molar-refractivity contribution in [3.8, 4) is 0 Å². The highest BCUT2D eigenvalue weighted by Crippen LogP contribution is 2.14. The van der Waals surface area contributed by atoms with Gasteiger partial charge in [0.2, 0.25) is 6.54 Å². The largest absolute Gasteiger partial charge is 0.358 e. The van der Waals surface area contributed by atoms with Gasteiger partial charge in [-0.2, -0.15) is 0 Å². The van der Waals surface area contributed by atoms with Crippen LogP contribution in [-0.2, 0) is 6.42 Å². The molecule has 2 heteroatoms. The Kier molecular flexibility index (Phi) is 2.01. The van der Waals surface area contributed by atoms with Crippen molar-refractivity contribution < 1.29 is 0 Å². The summed E-state index contributed by atoms with van der Waals surface area (Å²) >= 11 is 0. The number of H-pyrrole nitrogens is 1. The molecule has 0 unspecified atom stereocenters. The van der Waals surface area contributed by atoms with E-state index < -0.39 is 0 Å². The van der Waals surface area contributed by atoms with Crippen LogP contribution in [0.15, 0.2) is 30.3 Å². The Hall–Kier alpha value is -1.75. The summed E-state index contributed by atoms with van der Waals surface area (Å²) in [5.74, 6) is 0. The Morgan fingerprint density at radius 2 is 2.15 bits per heavy atom. The predicted molar refractivity (Wildman–Crippen MR) is 53.5 cm³/mol. The SMILES string of the molecule is [C-]#[N+]CCc1cc2ccccc2[nH]1. The van der Waals surface area contributed by atoms with Gasteiger partial charge in [-0.15, -0.1) is 0 Å². The van der Waals surface area contributed by atoms with Crippen molar-refractivity contribution in [2.24, 2.45) is 0 Å². The number of aromatic nitrogens is 1. The summed E-state index contributed by atoms with van der Waals surface area (Å²) in [5, 5.41) is 1.22. The highest BCUT2D eigenvalue weighted by molar-refractivity contribution is 5.80. The van der Waals surface area contributed by atoms with Gasteiger partial charge in [0.1, 0.15) is 0 Å². The fraction of sp³-hybridized carbons (Fsp3) is 0.182. The second kappa shape index (κ2) is 3.32. The maximum Gasteiger partial charge on any atom is 0.220 e. The van der Waals surface area contributed by atoms with Crippen LogP contribution in [-0.4, -0.2) is 11.5 Å². The van der Waals surface area contributed by atoms with Crippen LogP contribution >= 0.6 is 0 Å². The molecule has 2 aromatic rings. The first-order valence-electron chi connectivity index (χ1n) is 4.30. The van der Waals surface area contributed by atoms with Gasteiger partial charge in [-0.3, -0.25) is 0 Å². The second-order valence-electron chi connectivity index (χ2n) is 3.01. The minimum Gasteiger partial charge on any atom is -0.358 e. The van der Waals surface area contributed by atoms with Gasteiger partial charge in [0.15, 0.2) is 0 Å². The number of benzene rings is 1. The van der Waals surface area contributed by atoms with Crippen LogP contribution < -0.4 is 0 Å². The number of hydrogen-bond donors (Lipinski definition) is 1. The van der Waals surface area contributed by atoms with Crippen LogP contribution in [0.1, 0.15) is 5.69 Å². The molecule has 64 valence electrons. The fourth-order valence-electron chi connectivity index (χ4n) is 1.44. The number of nitrogens with zero attached hydrogens (tertiary/aromatic N) is 1. The molecular weight excluding hydrogens is 160 g/mol. The summed E-state index contributed by atoms with van der Waals surface area (Å²) in [6.45, 7) is 7.26. The summed E-state index contributed by atoms with van der Waals surface area (Å²) in [4.78, 5) is 6.62. The average molecular weight is 170 g/mol. The zero-order valence-electron chi connectivity index (χ0n) is 7.25. The first-order valence-corrected chi connectivity index (χ1v) is 4.30. The molecule has 0 fully saturated rings. The maximum absolute atomic E-state index is 6.70. The van der Waals surface area contributed by atoms with E-state index in [-0.39, 0.29) is 0 Å². The van der Waals surface area contributed by atoms with Crippen LogP contribution in [0.3, 0.4) is 0 Å². The lowest BCUT2D eigenvalue weighted by atomic mass is 10.2. The molecule has 1 N–H and O–H groups in total. The van der Waals surface area contributed by atoms with Crippen molar-refractivity contribution in [3.05, 3.63) is 47.4 Å². The number of hydrogen-bond acceptors (Lipinski definition) is 0. The van der Waals surface area contributed by atoms with Crippen LogP contribution in [0, 0.1) is 6.57 Å². The smallest absolute Gasteiger partial charge is 0.220 e. The van der Waals surface area contributed by atoms with Crippen molar-refractivity contribution in [2.75, 3.05) is 6.54 Å². The summed E-state index contributed by atoms with van der Waals surface area (Å²) in [7, 11) is 0. The molecule has 0 atom stereocenters. The molecule has 0 radical (unpaired) electrons. The van der Waals surface area contributed by atoms with Crippen molar-refractivity contribution in [2.45, 2.75) is 6.42 Å². The van der Waals surface area contributed by atoms with Gasteiger partial charge in [0.05, 0.1) is 6.42 Å². The molecule has 0 aliphatic carbocycles. The van der Waals surface area contributed by atoms with E-state index >= 15 is 0 Å². The zero-order chi connectivity index (χ0) is 9.10. The molecule has 13 heavy (non-hydrogen) atoms. The Balaban J connectivity index is 2.34. The minimum absolute atomic E-state index is 0.562. The van der Waals surface area contributed by atoms with Crippen molar-refractivity contribution in [1.29, 1.82) is 0 Å². The number of fused-ring (bicyclic) bond motifs is 1. The molecule has 0 aliphatic rings. The molecule has 1 aromatic carbocycles. The molecule has 0 spiro atoms. The Morgan fingerprint density at radius 3 is 2.92 bits per heavy atom. The van der Waals surface area contributed by atoms with Gasteiger partial charge in [-0.25, -0.2) is 6.57 Å². The molecule has 2 rings (SSSR count). The number of para-hydroxylation sites is 1. The standard InChI is InChI=1S/C11H10N2/c1-12-7-6-10-8-9-4-2-3-5-11(9)13-10/h2-5,8,13H,6-7H2. The monoisotopic (exact) mass is 170 g/mol. The van der Waals surface area contributed by atoms with Crippen LogP contribution in [0.25, 0.3) is 15.7 Å². The normalized spacial score (nSPS) is 10.1. The molecule has 1 heterocycles. The molecular formula is C11H10N2. The Bertz CT molecular complexity index is 415. The van der Waals surface area contributed by atoms with E-state index in [0.717, 1.165) is 17.6 Å². The van der Waals surface area contributed by atoms with Gasteiger partial charge in [0.25, 0.3) is 0 Å². The van der Waals surface area contributed by atoms with Crippen LogP contribution in [0.2, 0.25) is 0 Å². The van der Waals surface area contributed by atoms with E-state index in [1.807, 2.05) is 12.1 Å². The highest BCUT2D eigenvalue weighted by atomic mass is 14.7. The van der Waals surface area contributed by atoms with Gasteiger partial charge in [0, 0.05) is 11.2 Å².